The van der Waals surface area contributed by atoms with E-state index in [9.17, 15) is 19.3 Å². The number of carbonyl (C=O) groups excluding carboxylic acids is 1. The summed E-state index contributed by atoms with van der Waals surface area (Å²) in [5, 5.41) is 13.1. The second-order valence-corrected chi connectivity index (χ2v) is 4.92. The van der Waals surface area contributed by atoms with Gasteiger partial charge in [-0.2, -0.15) is 0 Å². The van der Waals surface area contributed by atoms with Crippen LogP contribution in [-0.4, -0.2) is 15.8 Å². The summed E-state index contributed by atoms with van der Waals surface area (Å²) < 4.78 is 13.5. The van der Waals surface area contributed by atoms with Crippen molar-refractivity contribution in [3.63, 3.8) is 0 Å². The summed E-state index contributed by atoms with van der Waals surface area (Å²) in [4.78, 5) is 24.4. The number of nitrogens with one attached hydrogen (secondary N) is 2. The lowest BCUT2D eigenvalue weighted by Crippen LogP contribution is -2.13. The molecule has 1 amide bonds. The van der Waals surface area contributed by atoms with Gasteiger partial charge in [-0.05, 0) is 40.5 Å². The van der Waals surface area contributed by atoms with Crippen molar-refractivity contribution in [3.8, 4) is 0 Å². The van der Waals surface area contributed by atoms with E-state index in [-0.39, 0.29) is 15.9 Å². The molecule has 0 spiro atoms. The van der Waals surface area contributed by atoms with Crippen LogP contribution in [-0.2, 0) is 0 Å². The molecule has 0 bridgehead atoms. The highest BCUT2D eigenvalue weighted by Crippen LogP contribution is 2.25. The molecule has 0 unspecified atom stereocenters. The first-order valence-electron chi connectivity index (χ1n) is 5.48. The average Bonchev–Trinajstić information content (AvgIpc) is 2.85. The van der Waals surface area contributed by atoms with E-state index >= 15 is 0 Å². The first-order chi connectivity index (χ1) is 9.38. The fourth-order valence-electron chi connectivity index (χ4n) is 1.59. The maximum absolute atomic E-state index is 13.3. The third-order valence-corrected chi connectivity index (χ3v) is 3.25. The number of carbonyl (C=O) groups is 1. The lowest BCUT2D eigenvalue weighted by atomic mass is 10.2. The van der Waals surface area contributed by atoms with Gasteiger partial charge < -0.3 is 10.3 Å². The highest BCUT2D eigenvalue weighted by molar-refractivity contribution is 9.10. The second-order valence-electron chi connectivity index (χ2n) is 4.06. The molecule has 8 heteroatoms. The molecule has 2 N–H and O–H groups in total. The van der Waals surface area contributed by atoms with Gasteiger partial charge >= 0.3 is 0 Å². The van der Waals surface area contributed by atoms with Crippen LogP contribution in [0, 0.1) is 22.9 Å². The smallest absolute Gasteiger partial charge is 0.287 e. The predicted molar refractivity (Wildman–Crippen MR) is 74.2 cm³/mol. The van der Waals surface area contributed by atoms with E-state index in [0.717, 1.165) is 12.3 Å². The molecule has 0 atom stereocenters. The number of benzene rings is 1. The monoisotopic (exact) mass is 341 g/mol. The number of rotatable bonds is 3. The number of amides is 1. The minimum atomic E-state index is -0.604. The average molecular weight is 342 g/mol. The molecule has 1 aromatic carbocycles. The molecule has 0 aliphatic rings. The molecule has 0 aliphatic heterocycles. The summed E-state index contributed by atoms with van der Waals surface area (Å²) >= 11 is 3.03. The van der Waals surface area contributed by atoms with Crippen molar-refractivity contribution in [2.45, 2.75) is 6.92 Å². The van der Waals surface area contributed by atoms with Crippen LogP contribution in [0.15, 0.2) is 28.9 Å². The number of nitrogens with zero attached hydrogens (tertiary/aromatic N) is 1. The van der Waals surface area contributed by atoms with Gasteiger partial charge in [0.05, 0.1) is 15.6 Å². The summed E-state index contributed by atoms with van der Waals surface area (Å²) in [6.45, 7) is 1.64. The standard InChI is InChI=1S/C12H9BrFN3O3/c1-6-2-9(14)8(13)4-10(6)16-12(18)11-3-7(5-15-11)17(19)20/h2-5,15H,1H3,(H,16,18). The zero-order valence-electron chi connectivity index (χ0n) is 10.2. The second kappa shape index (κ2) is 5.41. The van der Waals surface area contributed by atoms with Crippen LogP contribution in [0.4, 0.5) is 15.8 Å². The maximum atomic E-state index is 13.3. The van der Waals surface area contributed by atoms with E-state index in [1.165, 1.54) is 12.1 Å². The molecule has 2 rings (SSSR count). The molecular formula is C12H9BrFN3O3. The summed E-state index contributed by atoms with van der Waals surface area (Å²) in [5.74, 6) is -0.976. The van der Waals surface area contributed by atoms with Gasteiger partial charge in [-0.25, -0.2) is 4.39 Å². The molecule has 0 aliphatic carbocycles. The van der Waals surface area contributed by atoms with Crippen molar-refractivity contribution in [3.05, 3.63) is 56.1 Å². The zero-order chi connectivity index (χ0) is 14.9. The van der Waals surface area contributed by atoms with Gasteiger partial charge in [0.25, 0.3) is 11.6 Å². The fraction of sp³-hybridized carbons (Fsp3) is 0.0833. The molecule has 104 valence electrons. The van der Waals surface area contributed by atoms with E-state index in [1.54, 1.807) is 6.92 Å². The Bertz CT molecular complexity index is 699. The number of anilines is 1. The number of hydrogen-bond acceptors (Lipinski definition) is 3. The van der Waals surface area contributed by atoms with E-state index < -0.39 is 16.6 Å². The highest BCUT2D eigenvalue weighted by atomic mass is 79.9. The van der Waals surface area contributed by atoms with Crippen molar-refractivity contribution >= 4 is 33.2 Å². The van der Waals surface area contributed by atoms with Crippen molar-refractivity contribution in [1.82, 2.24) is 4.98 Å². The van der Waals surface area contributed by atoms with Gasteiger partial charge in [0.2, 0.25) is 0 Å². The minimum Gasteiger partial charge on any atom is -0.351 e. The van der Waals surface area contributed by atoms with Crippen LogP contribution in [0.1, 0.15) is 16.1 Å². The lowest BCUT2D eigenvalue weighted by Gasteiger charge is -2.08. The van der Waals surface area contributed by atoms with Gasteiger partial charge in [-0.3, -0.25) is 14.9 Å². The SMILES string of the molecule is Cc1cc(F)c(Br)cc1NC(=O)c1cc([N+](=O)[O-])c[nH]1. The summed E-state index contributed by atoms with van der Waals surface area (Å²) in [5.41, 5.74) is 0.810. The molecule has 2 aromatic rings. The Hall–Kier alpha value is -2.22. The van der Waals surface area contributed by atoms with E-state index in [1.807, 2.05) is 0 Å². The number of halogens is 2. The normalized spacial score (nSPS) is 10.3. The quantitative estimate of drug-likeness (QED) is 0.662. The lowest BCUT2D eigenvalue weighted by molar-refractivity contribution is -0.384. The van der Waals surface area contributed by atoms with E-state index in [2.05, 4.69) is 26.2 Å². The number of nitro groups is 1. The van der Waals surface area contributed by atoms with Gasteiger partial charge in [0, 0.05) is 11.8 Å². The molecule has 0 fully saturated rings. The number of aryl methyl sites for hydroxylation is 1. The van der Waals surface area contributed by atoms with Gasteiger partial charge in [-0.15, -0.1) is 0 Å². The van der Waals surface area contributed by atoms with Crippen molar-refractivity contribution in [2.75, 3.05) is 5.32 Å². The molecule has 0 saturated heterocycles. The van der Waals surface area contributed by atoms with E-state index in [0.29, 0.717) is 11.3 Å². The Morgan fingerprint density at radius 3 is 2.75 bits per heavy atom. The molecule has 20 heavy (non-hydrogen) atoms. The van der Waals surface area contributed by atoms with Crippen LogP contribution >= 0.6 is 15.9 Å². The summed E-state index contributed by atoms with van der Waals surface area (Å²) in [6.07, 6.45) is 1.13. The Kier molecular flexibility index (Phi) is 3.84. The number of aromatic nitrogens is 1. The molecule has 1 aromatic heterocycles. The molecule has 6 nitrogen and oxygen atoms in total. The topological polar surface area (TPSA) is 88.0 Å². The fourth-order valence-corrected chi connectivity index (χ4v) is 1.93. The summed E-state index contributed by atoms with van der Waals surface area (Å²) in [6, 6.07) is 3.83. The van der Waals surface area contributed by atoms with Crippen LogP contribution in [0.2, 0.25) is 0 Å². The number of aromatic amines is 1. The van der Waals surface area contributed by atoms with Crippen LogP contribution in [0.3, 0.4) is 0 Å². The first-order valence-corrected chi connectivity index (χ1v) is 6.27. The van der Waals surface area contributed by atoms with Crippen molar-refractivity contribution in [2.24, 2.45) is 0 Å². The third kappa shape index (κ3) is 2.85. The molecular weight excluding hydrogens is 333 g/mol. The Labute approximate surface area is 121 Å². The number of H-pyrrole nitrogens is 1. The third-order valence-electron chi connectivity index (χ3n) is 2.64. The van der Waals surface area contributed by atoms with Gasteiger partial charge in [-0.1, -0.05) is 0 Å². The minimum absolute atomic E-state index is 0.0524. The van der Waals surface area contributed by atoms with Crippen LogP contribution < -0.4 is 5.32 Å². The summed E-state index contributed by atoms with van der Waals surface area (Å²) in [7, 11) is 0. The van der Waals surface area contributed by atoms with E-state index in [4.69, 9.17) is 0 Å². The van der Waals surface area contributed by atoms with Gasteiger partial charge in [0.1, 0.15) is 11.5 Å². The maximum Gasteiger partial charge on any atom is 0.287 e. The van der Waals surface area contributed by atoms with Gasteiger partial charge in [0.15, 0.2) is 0 Å². The van der Waals surface area contributed by atoms with Crippen LogP contribution in [0.25, 0.3) is 0 Å². The van der Waals surface area contributed by atoms with Crippen molar-refractivity contribution in [1.29, 1.82) is 0 Å². The predicted octanol–water partition coefficient (Wildman–Crippen LogP) is 3.39. The first kappa shape index (κ1) is 14.2. The highest BCUT2D eigenvalue weighted by Gasteiger charge is 2.15. The van der Waals surface area contributed by atoms with Crippen molar-refractivity contribution < 1.29 is 14.1 Å². The van der Waals surface area contributed by atoms with Crippen LogP contribution in [0.5, 0.6) is 0 Å². The Balaban J connectivity index is 2.23. The molecule has 1 heterocycles. The zero-order valence-corrected chi connectivity index (χ0v) is 11.8. The largest absolute Gasteiger partial charge is 0.351 e. The number of hydrogen-bond donors (Lipinski definition) is 2. The molecule has 0 radical (unpaired) electrons. The Morgan fingerprint density at radius 1 is 1.45 bits per heavy atom. The Morgan fingerprint density at radius 2 is 2.15 bits per heavy atom. The molecule has 0 saturated carbocycles.